The molecule has 1 fully saturated rings. The summed E-state index contributed by atoms with van der Waals surface area (Å²) in [4.78, 5) is 39.3. The van der Waals surface area contributed by atoms with E-state index in [0.29, 0.717) is 44.7 Å². The minimum Gasteiger partial charge on any atom is -0.338 e. The Labute approximate surface area is 315 Å². The molecular formula is C45H47F3N4O2. The van der Waals surface area contributed by atoms with E-state index in [1.807, 2.05) is 71.8 Å². The number of amides is 2. The van der Waals surface area contributed by atoms with Crippen molar-refractivity contribution in [3.8, 4) is 0 Å². The lowest BCUT2D eigenvalue weighted by molar-refractivity contribution is -0.145. The highest BCUT2D eigenvalue weighted by molar-refractivity contribution is 5.96. The summed E-state index contributed by atoms with van der Waals surface area (Å²) in [6, 6.07) is 32.0. The highest BCUT2D eigenvalue weighted by atomic mass is 19.4. The standard InChI is InChI=1S/C45H47F3N4O2/c1-2-3-5-10-34-15-17-37(18-16-34)32-52(43(53)24-21-35-19-22-40(23-20-35)45(46,47)48)42(29-36-11-6-4-7-12-36)44(54)51-27-25-50(26-28-51)33-41-30-38-13-8-9-14-39(38)31-49-41/h4,6-9,11-24,30-31,42H,2-3,5,10,25-29,32-33H2,1H3/b24-21+/t42-/m0/s1. The van der Waals surface area contributed by atoms with Gasteiger partial charge in [0.05, 0.1) is 11.3 Å². The zero-order valence-electron chi connectivity index (χ0n) is 30.7. The fraction of sp³-hybridized carbons (Fsp3) is 0.311. The summed E-state index contributed by atoms with van der Waals surface area (Å²) in [6.07, 6.45) is 5.02. The fourth-order valence-corrected chi connectivity index (χ4v) is 6.93. The molecular weight excluding hydrogens is 686 g/mol. The monoisotopic (exact) mass is 732 g/mol. The van der Waals surface area contributed by atoms with Gasteiger partial charge < -0.3 is 9.80 Å². The van der Waals surface area contributed by atoms with Gasteiger partial charge in [-0.05, 0) is 64.8 Å². The molecule has 1 saturated heterocycles. The van der Waals surface area contributed by atoms with Crippen molar-refractivity contribution in [2.45, 2.75) is 64.3 Å². The predicted octanol–water partition coefficient (Wildman–Crippen LogP) is 8.98. The van der Waals surface area contributed by atoms with Gasteiger partial charge in [0.25, 0.3) is 0 Å². The van der Waals surface area contributed by atoms with Crippen molar-refractivity contribution in [2.24, 2.45) is 0 Å². The molecule has 1 aliphatic rings. The molecule has 4 aromatic carbocycles. The Kier molecular flexibility index (Phi) is 12.9. The van der Waals surface area contributed by atoms with Crippen LogP contribution in [0.4, 0.5) is 13.2 Å². The van der Waals surface area contributed by atoms with E-state index in [1.54, 1.807) is 4.90 Å². The number of alkyl halides is 3. The zero-order chi connectivity index (χ0) is 37.9. The van der Waals surface area contributed by atoms with Crippen LogP contribution >= 0.6 is 0 Å². The summed E-state index contributed by atoms with van der Waals surface area (Å²) in [5, 5.41) is 2.24. The molecule has 1 atom stereocenters. The molecule has 0 bridgehead atoms. The number of aromatic nitrogens is 1. The molecule has 1 aromatic heterocycles. The number of piperazine rings is 1. The molecule has 280 valence electrons. The number of hydrogen-bond donors (Lipinski definition) is 0. The Morgan fingerprint density at radius 3 is 2.15 bits per heavy atom. The van der Waals surface area contributed by atoms with Crippen molar-refractivity contribution in [1.29, 1.82) is 0 Å². The molecule has 0 aliphatic carbocycles. The molecule has 0 unspecified atom stereocenters. The third kappa shape index (κ3) is 10.4. The maximum Gasteiger partial charge on any atom is 0.416 e. The van der Waals surface area contributed by atoms with Gasteiger partial charge in [-0.15, -0.1) is 0 Å². The number of pyridine rings is 1. The average Bonchev–Trinajstić information content (AvgIpc) is 3.19. The first kappa shape index (κ1) is 38.4. The molecule has 9 heteroatoms. The number of carbonyl (C=O) groups excluding carboxylic acids is 2. The van der Waals surface area contributed by atoms with E-state index < -0.39 is 23.7 Å². The summed E-state index contributed by atoms with van der Waals surface area (Å²) < 4.78 is 39.6. The second-order valence-corrected chi connectivity index (χ2v) is 14.0. The largest absolute Gasteiger partial charge is 0.416 e. The van der Waals surface area contributed by atoms with Crippen molar-refractivity contribution in [3.63, 3.8) is 0 Å². The van der Waals surface area contributed by atoms with Crippen LogP contribution in [0.15, 0.2) is 121 Å². The number of fused-ring (bicyclic) bond motifs is 1. The molecule has 6 rings (SSSR count). The molecule has 1 aliphatic heterocycles. The highest BCUT2D eigenvalue weighted by Gasteiger charge is 2.34. The van der Waals surface area contributed by atoms with Gasteiger partial charge in [0.2, 0.25) is 11.8 Å². The maximum atomic E-state index is 14.6. The quantitative estimate of drug-likeness (QED) is 0.0846. The van der Waals surface area contributed by atoms with Gasteiger partial charge in [-0.1, -0.05) is 111 Å². The minimum atomic E-state index is -4.45. The van der Waals surface area contributed by atoms with Crippen molar-refractivity contribution < 1.29 is 22.8 Å². The van der Waals surface area contributed by atoms with E-state index in [9.17, 15) is 22.8 Å². The van der Waals surface area contributed by atoms with Crippen LogP contribution in [0.25, 0.3) is 16.8 Å². The molecule has 0 saturated carbocycles. The van der Waals surface area contributed by atoms with Crippen LogP contribution in [0.5, 0.6) is 0 Å². The summed E-state index contributed by atoms with van der Waals surface area (Å²) in [7, 11) is 0. The maximum absolute atomic E-state index is 14.6. The second kappa shape index (κ2) is 18.2. The SMILES string of the molecule is CCCCCc1ccc(CN(C(=O)/C=C/c2ccc(C(F)(F)F)cc2)[C@@H](Cc2ccccc2)C(=O)N2CCN(Cc3cc4ccccc4cn3)CC2)cc1. The van der Waals surface area contributed by atoms with Crippen molar-refractivity contribution in [2.75, 3.05) is 26.2 Å². The first-order chi connectivity index (χ1) is 26.2. The second-order valence-electron chi connectivity index (χ2n) is 14.0. The Morgan fingerprint density at radius 2 is 1.46 bits per heavy atom. The van der Waals surface area contributed by atoms with Gasteiger partial charge in [0.1, 0.15) is 6.04 Å². The summed E-state index contributed by atoms with van der Waals surface area (Å²) in [6.45, 7) is 5.40. The zero-order valence-corrected chi connectivity index (χ0v) is 30.7. The minimum absolute atomic E-state index is 0.130. The lowest BCUT2D eigenvalue weighted by atomic mass is 10.0. The van der Waals surface area contributed by atoms with E-state index in [0.717, 1.165) is 65.4 Å². The van der Waals surface area contributed by atoms with E-state index >= 15 is 0 Å². The van der Waals surface area contributed by atoms with Crippen LogP contribution in [-0.2, 0) is 41.7 Å². The first-order valence-corrected chi connectivity index (χ1v) is 18.8. The van der Waals surface area contributed by atoms with E-state index in [1.165, 1.54) is 29.8 Å². The average molecular weight is 733 g/mol. The normalized spacial score (nSPS) is 14.4. The predicted molar refractivity (Wildman–Crippen MR) is 208 cm³/mol. The number of rotatable bonds is 14. The summed E-state index contributed by atoms with van der Waals surface area (Å²) >= 11 is 0. The molecule has 0 radical (unpaired) electrons. The third-order valence-electron chi connectivity index (χ3n) is 10.1. The van der Waals surface area contributed by atoms with Crippen LogP contribution in [0, 0.1) is 0 Å². The number of carbonyl (C=O) groups is 2. The summed E-state index contributed by atoms with van der Waals surface area (Å²) in [5.74, 6) is -0.521. The van der Waals surface area contributed by atoms with Crippen LogP contribution in [-0.4, -0.2) is 63.7 Å². The Morgan fingerprint density at radius 1 is 0.796 bits per heavy atom. The highest BCUT2D eigenvalue weighted by Crippen LogP contribution is 2.29. The van der Waals surface area contributed by atoms with E-state index in [4.69, 9.17) is 0 Å². The van der Waals surface area contributed by atoms with Crippen LogP contribution in [0.1, 0.15) is 59.7 Å². The smallest absolute Gasteiger partial charge is 0.338 e. The van der Waals surface area contributed by atoms with Crippen LogP contribution in [0.3, 0.4) is 0 Å². The topological polar surface area (TPSA) is 56.8 Å². The first-order valence-electron chi connectivity index (χ1n) is 18.8. The Hall–Kier alpha value is -5.28. The van der Waals surface area contributed by atoms with Gasteiger partial charge in [-0.3, -0.25) is 19.5 Å². The van der Waals surface area contributed by atoms with E-state index in [-0.39, 0.29) is 12.5 Å². The molecule has 6 nitrogen and oxygen atoms in total. The lowest BCUT2D eigenvalue weighted by Crippen LogP contribution is -2.56. The number of halogens is 3. The number of benzene rings is 4. The van der Waals surface area contributed by atoms with Crippen molar-refractivity contribution >= 4 is 28.7 Å². The van der Waals surface area contributed by atoms with Crippen LogP contribution in [0.2, 0.25) is 0 Å². The van der Waals surface area contributed by atoms with Gasteiger partial charge in [-0.2, -0.15) is 13.2 Å². The van der Waals surface area contributed by atoms with E-state index in [2.05, 4.69) is 41.1 Å². The fourth-order valence-electron chi connectivity index (χ4n) is 6.93. The Bertz CT molecular complexity index is 2010. The third-order valence-corrected chi connectivity index (χ3v) is 10.1. The number of hydrogen-bond acceptors (Lipinski definition) is 4. The van der Waals surface area contributed by atoms with Gasteiger partial charge in [0, 0.05) is 63.3 Å². The van der Waals surface area contributed by atoms with Gasteiger partial charge in [-0.25, -0.2) is 0 Å². The Balaban J connectivity index is 1.23. The van der Waals surface area contributed by atoms with Gasteiger partial charge >= 0.3 is 6.18 Å². The number of aryl methyl sites for hydroxylation is 1. The van der Waals surface area contributed by atoms with Gasteiger partial charge in [0.15, 0.2) is 0 Å². The lowest BCUT2D eigenvalue weighted by Gasteiger charge is -2.39. The molecule has 5 aromatic rings. The van der Waals surface area contributed by atoms with Crippen molar-refractivity contribution in [3.05, 3.63) is 155 Å². The number of nitrogens with zero attached hydrogens (tertiary/aromatic N) is 4. The number of unbranched alkanes of at least 4 members (excludes halogenated alkanes) is 2. The van der Waals surface area contributed by atoms with Crippen LogP contribution < -0.4 is 0 Å². The van der Waals surface area contributed by atoms with Crippen molar-refractivity contribution in [1.82, 2.24) is 19.7 Å². The molecule has 0 N–H and O–H groups in total. The summed E-state index contributed by atoms with van der Waals surface area (Å²) in [5.41, 5.74) is 3.71. The molecule has 2 amide bonds. The molecule has 54 heavy (non-hydrogen) atoms. The molecule has 2 heterocycles. The molecule has 0 spiro atoms.